The molecule has 0 aromatic rings. The molecule has 0 aliphatic heterocycles. The van der Waals surface area contributed by atoms with E-state index in [2.05, 4.69) is 62.4 Å². The van der Waals surface area contributed by atoms with Crippen molar-refractivity contribution in [1.82, 2.24) is 0 Å². The molecule has 0 atom stereocenters. The van der Waals surface area contributed by atoms with E-state index >= 15 is 0 Å². The minimum Gasteiger partial charge on any atom is -0.462 e. The number of ketones is 1. The van der Waals surface area contributed by atoms with E-state index in [0.717, 1.165) is 34.9 Å². The predicted octanol–water partition coefficient (Wildman–Crippen LogP) is 3.55. The van der Waals surface area contributed by atoms with Gasteiger partial charge in [-0.2, -0.15) is 5.57 Å². The Morgan fingerprint density at radius 3 is 1.60 bits per heavy atom. The van der Waals surface area contributed by atoms with Gasteiger partial charge in [-0.3, -0.25) is 4.79 Å². The fraction of sp³-hybridized carbons (Fsp3) is 0.650. The Hall–Kier alpha value is -0.156. The summed E-state index contributed by atoms with van der Waals surface area (Å²) >= 11 is 0. The largest absolute Gasteiger partial charge is 0.462 e. The molecule has 25 heavy (non-hydrogen) atoms. The number of rotatable bonds is 8. The number of carbonyl (C=O) groups is 1. The first kappa shape index (κ1) is 32.5. The SMILES string of the molecule is C=C(C)C(=O)CCCC[N+](C)(C)C.C=C(C)[C-]=O.[CH2-][N+](C)(C)CC.[Y]. The molecule has 0 unspecified atom stereocenters. The van der Waals surface area contributed by atoms with Crippen molar-refractivity contribution in [3.05, 3.63) is 31.4 Å². The number of hydrogen-bond donors (Lipinski definition) is 0. The van der Waals surface area contributed by atoms with Gasteiger partial charge in [-0.25, -0.2) is 6.58 Å². The summed E-state index contributed by atoms with van der Waals surface area (Å²) in [4.78, 5) is 20.4. The van der Waals surface area contributed by atoms with Crippen molar-refractivity contribution in [2.75, 3.05) is 48.3 Å². The third kappa shape index (κ3) is 40.1. The standard InChI is InChI=1S/C11H22NO.C5H13N.C4H5O.Y/c1-10(2)11(13)8-6-7-9-12(3,4)5;1-5-6(2,3)4;1-4(2)3-5;/h1,6-9H2,2-5H3;2,5H2,1,3-4H3;1H2,2H3;/q+1;;-1;. The Morgan fingerprint density at radius 2 is 1.40 bits per heavy atom. The molecule has 0 aromatic carbocycles. The fourth-order valence-electron chi connectivity index (χ4n) is 1.09. The Balaban J connectivity index is -0.000000154. The molecule has 5 heteroatoms. The molecule has 0 spiro atoms. The van der Waals surface area contributed by atoms with Crippen LogP contribution >= 0.6 is 0 Å². The summed E-state index contributed by atoms with van der Waals surface area (Å²) in [5, 5.41) is 0. The van der Waals surface area contributed by atoms with Gasteiger partial charge >= 0.3 is 0 Å². The van der Waals surface area contributed by atoms with Gasteiger partial charge in [0.1, 0.15) is 0 Å². The second-order valence-corrected chi connectivity index (χ2v) is 7.81. The van der Waals surface area contributed by atoms with E-state index in [9.17, 15) is 9.59 Å². The Labute approximate surface area is 182 Å². The van der Waals surface area contributed by atoms with Gasteiger partial charge in [0.05, 0.1) is 34.2 Å². The van der Waals surface area contributed by atoms with Gasteiger partial charge in [0.15, 0.2) is 5.78 Å². The Morgan fingerprint density at radius 1 is 1.04 bits per heavy atom. The van der Waals surface area contributed by atoms with Crippen molar-refractivity contribution in [2.45, 2.75) is 40.0 Å². The van der Waals surface area contributed by atoms with Crippen molar-refractivity contribution in [3.63, 3.8) is 0 Å². The van der Waals surface area contributed by atoms with Crippen LogP contribution in [0.25, 0.3) is 0 Å². The number of Topliss-reactive ketones (excluding diaryl/α,β-unsaturated/α-hetero) is 1. The molecule has 0 rings (SSSR count). The summed E-state index contributed by atoms with van der Waals surface area (Å²) in [5.41, 5.74) is 1.13. The summed E-state index contributed by atoms with van der Waals surface area (Å²) in [6.45, 7) is 14.6. The van der Waals surface area contributed by atoms with Crippen molar-refractivity contribution < 1.29 is 51.3 Å². The van der Waals surface area contributed by atoms with Gasteiger partial charge in [-0.1, -0.05) is 13.5 Å². The maximum Gasteiger partial charge on any atom is 0.157 e. The molecule has 4 nitrogen and oxygen atoms in total. The molecule has 0 fully saturated rings. The molecule has 0 bridgehead atoms. The Kier molecular flexibility index (Phi) is 22.5. The maximum absolute atomic E-state index is 11.2. The van der Waals surface area contributed by atoms with Gasteiger partial charge in [-0.15, -0.1) is 7.05 Å². The van der Waals surface area contributed by atoms with Crippen molar-refractivity contribution in [3.8, 4) is 0 Å². The number of unbranched alkanes of at least 4 members (excludes halogenated alkanes) is 1. The van der Waals surface area contributed by atoms with Crippen molar-refractivity contribution >= 4 is 12.1 Å². The van der Waals surface area contributed by atoms with Gasteiger partial charge in [0.2, 0.25) is 0 Å². The van der Waals surface area contributed by atoms with E-state index < -0.39 is 0 Å². The van der Waals surface area contributed by atoms with Gasteiger partial charge in [-0.05, 0) is 38.5 Å². The predicted molar refractivity (Wildman–Crippen MR) is 105 cm³/mol. The molecule has 0 amide bonds. The summed E-state index contributed by atoms with van der Waals surface area (Å²) in [7, 11) is 14.5. The third-order valence-electron chi connectivity index (χ3n) is 2.99. The molecule has 0 heterocycles. The first-order valence-electron chi connectivity index (χ1n) is 8.36. The summed E-state index contributed by atoms with van der Waals surface area (Å²) in [6.07, 6.45) is 4.35. The number of nitrogens with zero attached hydrogens (tertiary/aromatic N) is 2. The van der Waals surface area contributed by atoms with Crippen LogP contribution in [-0.4, -0.2) is 69.4 Å². The van der Waals surface area contributed by atoms with Crippen LogP contribution < -0.4 is 0 Å². The summed E-state index contributed by atoms with van der Waals surface area (Å²) in [5.74, 6) is 0.210. The van der Waals surface area contributed by atoms with E-state index in [1.165, 1.54) is 0 Å². The zero-order valence-corrected chi connectivity index (χ0v) is 20.8. The Bertz CT molecular complexity index is 391. The molecule has 0 saturated carbocycles. The van der Waals surface area contributed by atoms with E-state index in [1.54, 1.807) is 20.1 Å². The van der Waals surface area contributed by atoms with Gasteiger partial charge < -0.3 is 13.8 Å². The number of hydrogen-bond acceptors (Lipinski definition) is 2. The maximum atomic E-state index is 11.2. The molecule has 0 aliphatic carbocycles. The summed E-state index contributed by atoms with van der Waals surface area (Å²) in [6, 6.07) is 0. The minimum atomic E-state index is 0. The van der Waals surface area contributed by atoms with Crippen LogP contribution in [0.1, 0.15) is 40.0 Å². The molecular weight excluding hydrogens is 389 g/mol. The monoisotopic (exact) mass is 429 g/mol. The van der Waals surface area contributed by atoms with Gasteiger partial charge in [0.25, 0.3) is 0 Å². The van der Waals surface area contributed by atoms with E-state index in [4.69, 9.17) is 0 Å². The average molecular weight is 429 g/mol. The number of carbonyl (C=O) groups excluding carboxylic acids is 2. The quantitative estimate of drug-likeness (QED) is 0.256. The zero-order chi connectivity index (χ0) is 20.0. The third-order valence-corrected chi connectivity index (χ3v) is 2.99. The van der Waals surface area contributed by atoms with E-state index in [0.29, 0.717) is 17.6 Å². The molecule has 0 aromatic heterocycles. The second-order valence-electron chi connectivity index (χ2n) is 7.81. The van der Waals surface area contributed by atoms with Crippen LogP contribution in [0.5, 0.6) is 0 Å². The number of quaternary nitrogens is 2. The van der Waals surface area contributed by atoms with Gasteiger partial charge in [0, 0.05) is 53.2 Å². The van der Waals surface area contributed by atoms with Crippen molar-refractivity contribution in [1.29, 1.82) is 0 Å². The molecular formula is C20H40N2O2Y. The zero-order valence-electron chi connectivity index (χ0n) is 17.9. The first-order valence-corrected chi connectivity index (χ1v) is 8.36. The van der Waals surface area contributed by atoms with Crippen LogP contribution in [0.4, 0.5) is 0 Å². The number of allylic oxidation sites excluding steroid dienone is 2. The van der Waals surface area contributed by atoms with Crippen LogP contribution in [-0.2, 0) is 42.3 Å². The topological polar surface area (TPSA) is 34.1 Å². The van der Waals surface area contributed by atoms with Crippen LogP contribution in [0.3, 0.4) is 0 Å². The van der Waals surface area contributed by atoms with Crippen molar-refractivity contribution in [2.24, 2.45) is 0 Å². The molecule has 0 aliphatic rings. The minimum absolute atomic E-state index is 0. The normalized spacial score (nSPS) is 10.1. The molecule has 0 N–H and O–H groups in total. The van der Waals surface area contributed by atoms with E-state index in [-0.39, 0.29) is 38.5 Å². The van der Waals surface area contributed by atoms with Crippen LogP contribution in [0.15, 0.2) is 24.3 Å². The fourth-order valence-corrected chi connectivity index (χ4v) is 1.09. The molecule has 0 saturated heterocycles. The van der Waals surface area contributed by atoms with Crippen LogP contribution in [0, 0.1) is 7.05 Å². The first-order chi connectivity index (χ1) is 10.7. The van der Waals surface area contributed by atoms with Crippen LogP contribution in [0.2, 0.25) is 0 Å². The average Bonchev–Trinajstić information content (AvgIpc) is 2.42. The molecule has 1 radical (unpaired) electrons. The molecule has 145 valence electrons. The van der Waals surface area contributed by atoms with E-state index in [1.807, 2.05) is 0 Å². The second kappa shape index (κ2) is 17.3. The summed E-state index contributed by atoms with van der Waals surface area (Å²) < 4.78 is 1.79. The smallest absolute Gasteiger partial charge is 0.157 e.